The average molecular weight is 213 g/mol. The maximum Gasteiger partial charge on any atom is 0.314 e. The molecule has 15 heavy (non-hydrogen) atoms. The number of urea groups is 1. The van der Waals surface area contributed by atoms with E-state index in [4.69, 9.17) is 0 Å². The third-order valence-corrected chi connectivity index (χ3v) is 2.73. The fourth-order valence-corrected chi connectivity index (χ4v) is 1.77. The second kappa shape index (κ2) is 7.51. The summed E-state index contributed by atoms with van der Waals surface area (Å²) in [4.78, 5) is 13.6. The molecule has 0 bridgehead atoms. The molecule has 1 saturated heterocycles. The average Bonchev–Trinajstić information content (AvgIpc) is 2.71. The first-order valence-electron chi connectivity index (χ1n) is 6.07. The summed E-state index contributed by atoms with van der Waals surface area (Å²) in [5, 5.41) is 5.72. The molecule has 0 unspecified atom stereocenters. The van der Waals surface area contributed by atoms with Crippen LogP contribution < -0.4 is 10.6 Å². The van der Waals surface area contributed by atoms with Gasteiger partial charge in [0.05, 0.1) is 0 Å². The van der Waals surface area contributed by atoms with E-state index in [1.807, 2.05) is 0 Å². The van der Waals surface area contributed by atoms with Gasteiger partial charge in [-0.3, -0.25) is 0 Å². The SMILES string of the molecule is CCCCNC(=O)NCCN1CCCC1. The fraction of sp³-hybridized carbons (Fsp3) is 0.909. The lowest BCUT2D eigenvalue weighted by Gasteiger charge is -2.14. The summed E-state index contributed by atoms with van der Waals surface area (Å²) in [6, 6.07) is -0.0253. The van der Waals surface area contributed by atoms with E-state index in [0.717, 1.165) is 32.5 Å². The summed E-state index contributed by atoms with van der Waals surface area (Å²) in [7, 11) is 0. The Labute approximate surface area is 92.4 Å². The van der Waals surface area contributed by atoms with E-state index in [-0.39, 0.29) is 6.03 Å². The van der Waals surface area contributed by atoms with Crippen LogP contribution in [-0.4, -0.2) is 43.7 Å². The highest BCUT2D eigenvalue weighted by molar-refractivity contribution is 5.73. The van der Waals surface area contributed by atoms with Gasteiger partial charge < -0.3 is 15.5 Å². The molecule has 88 valence electrons. The number of amides is 2. The normalized spacial score (nSPS) is 16.6. The fourth-order valence-electron chi connectivity index (χ4n) is 1.77. The quantitative estimate of drug-likeness (QED) is 0.651. The van der Waals surface area contributed by atoms with Crippen molar-refractivity contribution in [1.82, 2.24) is 15.5 Å². The van der Waals surface area contributed by atoms with E-state index in [9.17, 15) is 4.79 Å². The molecule has 2 N–H and O–H groups in total. The lowest BCUT2D eigenvalue weighted by Crippen LogP contribution is -2.40. The Bertz CT molecular complexity index is 179. The predicted molar refractivity (Wildman–Crippen MR) is 62.0 cm³/mol. The van der Waals surface area contributed by atoms with Crippen molar-refractivity contribution in [3.05, 3.63) is 0 Å². The van der Waals surface area contributed by atoms with Crippen LogP contribution in [0, 0.1) is 0 Å². The monoisotopic (exact) mass is 213 g/mol. The molecule has 0 aromatic carbocycles. The number of unbranched alkanes of at least 4 members (excludes halogenated alkanes) is 1. The van der Waals surface area contributed by atoms with E-state index in [1.165, 1.54) is 25.9 Å². The number of carbonyl (C=O) groups excluding carboxylic acids is 1. The number of rotatable bonds is 6. The number of hydrogen-bond donors (Lipinski definition) is 2. The van der Waals surface area contributed by atoms with Crippen LogP contribution in [-0.2, 0) is 0 Å². The molecular weight excluding hydrogens is 190 g/mol. The first-order chi connectivity index (χ1) is 7.33. The first kappa shape index (κ1) is 12.3. The topological polar surface area (TPSA) is 44.4 Å². The number of carbonyl (C=O) groups is 1. The Kier molecular flexibility index (Phi) is 6.16. The Morgan fingerprint density at radius 2 is 1.87 bits per heavy atom. The van der Waals surface area contributed by atoms with Crippen molar-refractivity contribution in [3.63, 3.8) is 0 Å². The van der Waals surface area contributed by atoms with Crippen molar-refractivity contribution in [2.75, 3.05) is 32.7 Å². The molecular formula is C11H23N3O. The molecule has 1 rings (SSSR count). The highest BCUT2D eigenvalue weighted by atomic mass is 16.2. The molecule has 0 saturated carbocycles. The second-order valence-electron chi connectivity index (χ2n) is 4.08. The maximum absolute atomic E-state index is 11.3. The summed E-state index contributed by atoms with van der Waals surface area (Å²) < 4.78 is 0. The minimum atomic E-state index is -0.0253. The van der Waals surface area contributed by atoms with Gasteiger partial charge in [-0.2, -0.15) is 0 Å². The maximum atomic E-state index is 11.3. The van der Waals surface area contributed by atoms with Crippen LogP contribution in [0.2, 0.25) is 0 Å². The van der Waals surface area contributed by atoms with Crippen LogP contribution in [0.1, 0.15) is 32.6 Å². The van der Waals surface area contributed by atoms with Crippen molar-refractivity contribution >= 4 is 6.03 Å². The van der Waals surface area contributed by atoms with Gasteiger partial charge in [-0.1, -0.05) is 13.3 Å². The smallest absolute Gasteiger partial charge is 0.314 e. The molecule has 0 aromatic heterocycles. The molecule has 0 radical (unpaired) electrons. The van der Waals surface area contributed by atoms with Gasteiger partial charge >= 0.3 is 6.03 Å². The number of likely N-dealkylation sites (tertiary alicyclic amines) is 1. The zero-order valence-electron chi connectivity index (χ0n) is 9.72. The Morgan fingerprint density at radius 3 is 2.53 bits per heavy atom. The van der Waals surface area contributed by atoms with E-state index in [2.05, 4.69) is 22.5 Å². The van der Waals surface area contributed by atoms with Gasteiger partial charge in [0, 0.05) is 19.6 Å². The Morgan fingerprint density at radius 1 is 1.20 bits per heavy atom. The summed E-state index contributed by atoms with van der Waals surface area (Å²) in [6.45, 7) is 7.04. The minimum Gasteiger partial charge on any atom is -0.338 e. The summed E-state index contributed by atoms with van der Waals surface area (Å²) >= 11 is 0. The van der Waals surface area contributed by atoms with Crippen LogP contribution in [0.3, 0.4) is 0 Å². The lowest BCUT2D eigenvalue weighted by atomic mass is 10.3. The van der Waals surface area contributed by atoms with Crippen molar-refractivity contribution in [1.29, 1.82) is 0 Å². The van der Waals surface area contributed by atoms with Gasteiger partial charge in [0.25, 0.3) is 0 Å². The number of nitrogens with zero attached hydrogens (tertiary/aromatic N) is 1. The summed E-state index contributed by atoms with van der Waals surface area (Å²) in [5.41, 5.74) is 0. The molecule has 1 fully saturated rings. The molecule has 2 amide bonds. The van der Waals surface area contributed by atoms with Crippen molar-refractivity contribution in [3.8, 4) is 0 Å². The molecule has 4 nitrogen and oxygen atoms in total. The zero-order valence-corrected chi connectivity index (χ0v) is 9.72. The van der Waals surface area contributed by atoms with E-state index >= 15 is 0 Å². The van der Waals surface area contributed by atoms with Gasteiger partial charge in [-0.05, 0) is 32.4 Å². The van der Waals surface area contributed by atoms with Crippen LogP contribution in [0.5, 0.6) is 0 Å². The van der Waals surface area contributed by atoms with Gasteiger partial charge in [0.15, 0.2) is 0 Å². The summed E-state index contributed by atoms with van der Waals surface area (Å²) in [5.74, 6) is 0. The van der Waals surface area contributed by atoms with Crippen LogP contribution >= 0.6 is 0 Å². The Balaban J connectivity index is 1.91. The molecule has 1 aliphatic rings. The largest absolute Gasteiger partial charge is 0.338 e. The van der Waals surface area contributed by atoms with Crippen LogP contribution in [0.15, 0.2) is 0 Å². The standard InChI is InChI=1S/C11H23N3O/c1-2-3-6-12-11(15)13-7-10-14-8-4-5-9-14/h2-10H2,1H3,(H2,12,13,15). The Hall–Kier alpha value is -0.770. The molecule has 1 aliphatic heterocycles. The molecule has 1 heterocycles. The van der Waals surface area contributed by atoms with Crippen molar-refractivity contribution in [2.24, 2.45) is 0 Å². The highest BCUT2D eigenvalue weighted by Crippen LogP contribution is 2.05. The third kappa shape index (κ3) is 5.62. The van der Waals surface area contributed by atoms with Gasteiger partial charge in [-0.15, -0.1) is 0 Å². The van der Waals surface area contributed by atoms with E-state index in [0.29, 0.717) is 0 Å². The van der Waals surface area contributed by atoms with Gasteiger partial charge in [0.2, 0.25) is 0 Å². The minimum absolute atomic E-state index is 0.0253. The molecule has 0 spiro atoms. The molecule has 4 heteroatoms. The van der Waals surface area contributed by atoms with Gasteiger partial charge in [-0.25, -0.2) is 4.79 Å². The van der Waals surface area contributed by atoms with E-state index < -0.39 is 0 Å². The first-order valence-corrected chi connectivity index (χ1v) is 6.07. The second-order valence-corrected chi connectivity index (χ2v) is 4.08. The predicted octanol–water partition coefficient (Wildman–Crippen LogP) is 1.18. The highest BCUT2D eigenvalue weighted by Gasteiger charge is 2.10. The lowest BCUT2D eigenvalue weighted by molar-refractivity contribution is 0.238. The van der Waals surface area contributed by atoms with Crippen LogP contribution in [0.4, 0.5) is 4.79 Å². The zero-order chi connectivity index (χ0) is 10.9. The van der Waals surface area contributed by atoms with Crippen molar-refractivity contribution < 1.29 is 4.79 Å². The number of nitrogens with one attached hydrogen (secondary N) is 2. The summed E-state index contributed by atoms with van der Waals surface area (Å²) in [6.07, 6.45) is 4.79. The van der Waals surface area contributed by atoms with Crippen molar-refractivity contribution in [2.45, 2.75) is 32.6 Å². The molecule has 0 atom stereocenters. The van der Waals surface area contributed by atoms with Gasteiger partial charge in [0.1, 0.15) is 0 Å². The van der Waals surface area contributed by atoms with Crippen LogP contribution in [0.25, 0.3) is 0 Å². The van der Waals surface area contributed by atoms with E-state index in [1.54, 1.807) is 0 Å². The molecule has 0 aromatic rings. The molecule has 0 aliphatic carbocycles. The number of hydrogen-bond acceptors (Lipinski definition) is 2. The third-order valence-electron chi connectivity index (χ3n) is 2.73.